The van der Waals surface area contributed by atoms with Crippen molar-refractivity contribution in [1.29, 1.82) is 0 Å². The maximum Gasteiger partial charge on any atom is 0.0807 e. The first kappa shape index (κ1) is 10.7. The predicted molar refractivity (Wildman–Crippen MR) is 77.7 cm³/mol. The molecule has 0 spiro atoms. The first-order chi connectivity index (χ1) is 8.43. The van der Waals surface area contributed by atoms with Crippen LogP contribution in [0.2, 0.25) is 0 Å². The van der Waals surface area contributed by atoms with E-state index in [2.05, 4.69) is 64.7 Å². The Bertz CT molecular complexity index is 612. The van der Waals surface area contributed by atoms with Gasteiger partial charge in [0.25, 0.3) is 0 Å². The molecule has 3 aromatic rings. The Balaban J connectivity index is 1.90. The lowest BCUT2D eigenvalue weighted by molar-refractivity contribution is 1.70. The molecule has 1 nitrogen and oxygen atoms in total. The van der Waals surface area contributed by atoms with Crippen molar-refractivity contribution < 1.29 is 0 Å². The van der Waals surface area contributed by atoms with Crippen LogP contribution in [-0.4, -0.2) is 0 Å². The standard InChI is InChI=1S/C14H11NS2/c1-2-7-12-11(5-1)6-3-8-13(12)15-17-14-9-4-10-16-14/h1-10,15H. The van der Waals surface area contributed by atoms with E-state index >= 15 is 0 Å². The van der Waals surface area contributed by atoms with Crippen LogP contribution in [0.15, 0.2) is 64.2 Å². The van der Waals surface area contributed by atoms with Crippen LogP contribution >= 0.6 is 23.3 Å². The van der Waals surface area contributed by atoms with Gasteiger partial charge in [-0.1, -0.05) is 42.5 Å². The van der Waals surface area contributed by atoms with Crippen molar-refractivity contribution in [2.24, 2.45) is 0 Å². The average Bonchev–Trinajstić information content (AvgIpc) is 2.89. The number of thiophene rings is 1. The molecule has 0 bridgehead atoms. The van der Waals surface area contributed by atoms with Gasteiger partial charge < -0.3 is 4.72 Å². The van der Waals surface area contributed by atoms with Crippen LogP contribution in [0, 0.1) is 0 Å². The van der Waals surface area contributed by atoms with Crippen LogP contribution in [-0.2, 0) is 0 Å². The zero-order valence-corrected chi connectivity index (χ0v) is 10.7. The van der Waals surface area contributed by atoms with Gasteiger partial charge in [-0.25, -0.2) is 0 Å². The highest BCUT2D eigenvalue weighted by atomic mass is 32.2. The fourth-order valence-corrected chi connectivity index (χ4v) is 3.21. The van der Waals surface area contributed by atoms with Crippen molar-refractivity contribution in [3.8, 4) is 0 Å². The molecule has 0 radical (unpaired) electrons. The van der Waals surface area contributed by atoms with Crippen molar-refractivity contribution >= 4 is 39.7 Å². The molecule has 3 heteroatoms. The third kappa shape index (κ3) is 2.30. The second kappa shape index (κ2) is 4.82. The molecule has 0 fully saturated rings. The van der Waals surface area contributed by atoms with E-state index in [-0.39, 0.29) is 0 Å². The van der Waals surface area contributed by atoms with Gasteiger partial charge >= 0.3 is 0 Å². The normalized spacial score (nSPS) is 10.6. The van der Waals surface area contributed by atoms with Crippen molar-refractivity contribution in [2.75, 3.05) is 4.72 Å². The number of anilines is 1. The van der Waals surface area contributed by atoms with Gasteiger partial charge in [-0.15, -0.1) is 11.3 Å². The SMILES string of the molecule is c1csc(SNc2cccc3ccccc23)c1. The van der Waals surface area contributed by atoms with Crippen molar-refractivity contribution in [3.63, 3.8) is 0 Å². The minimum Gasteiger partial charge on any atom is -0.324 e. The minimum absolute atomic E-state index is 1.17. The van der Waals surface area contributed by atoms with E-state index in [9.17, 15) is 0 Å². The summed E-state index contributed by atoms with van der Waals surface area (Å²) < 4.78 is 4.69. The van der Waals surface area contributed by atoms with Gasteiger partial charge in [-0.3, -0.25) is 0 Å². The summed E-state index contributed by atoms with van der Waals surface area (Å²) in [5.41, 5.74) is 1.17. The summed E-state index contributed by atoms with van der Waals surface area (Å²) >= 11 is 3.41. The molecule has 1 N–H and O–H groups in total. The number of fused-ring (bicyclic) bond motifs is 1. The lowest BCUT2D eigenvalue weighted by Gasteiger charge is -2.07. The van der Waals surface area contributed by atoms with Crippen molar-refractivity contribution in [2.45, 2.75) is 4.21 Å². The second-order valence-corrected chi connectivity index (χ2v) is 5.72. The minimum atomic E-state index is 1.17. The van der Waals surface area contributed by atoms with E-state index in [0.717, 1.165) is 0 Å². The predicted octanol–water partition coefficient (Wildman–Crippen LogP) is 5.02. The fourth-order valence-electron chi connectivity index (χ4n) is 1.74. The van der Waals surface area contributed by atoms with Crippen molar-refractivity contribution in [3.05, 3.63) is 60.0 Å². The molecule has 0 aliphatic carbocycles. The van der Waals surface area contributed by atoms with Crippen LogP contribution in [0.1, 0.15) is 0 Å². The van der Waals surface area contributed by atoms with Crippen LogP contribution < -0.4 is 4.72 Å². The third-order valence-electron chi connectivity index (χ3n) is 2.55. The molecule has 1 heterocycles. The highest BCUT2D eigenvalue weighted by Crippen LogP contribution is 2.29. The number of hydrogen-bond acceptors (Lipinski definition) is 3. The largest absolute Gasteiger partial charge is 0.324 e. The topological polar surface area (TPSA) is 12.0 Å². The third-order valence-corrected chi connectivity index (χ3v) is 4.41. The Hall–Kier alpha value is -1.45. The second-order valence-electron chi connectivity index (χ2n) is 3.66. The summed E-state index contributed by atoms with van der Waals surface area (Å²) in [6, 6.07) is 18.9. The molecule has 0 atom stereocenters. The molecule has 0 saturated carbocycles. The van der Waals surface area contributed by atoms with Crippen molar-refractivity contribution in [1.82, 2.24) is 0 Å². The maximum absolute atomic E-state index is 3.42. The maximum atomic E-state index is 3.42. The van der Waals surface area contributed by atoms with Gasteiger partial charge in [0, 0.05) is 5.39 Å². The molecule has 1 aromatic heterocycles. The molecular weight excluding hydrogens is 246 g/mol. The van der Waals surface area contributed by atoms with Gasteiger partial charge in [-0.05, 0) is 34.8 Å². The zero-order valence-electron chi connectivity index (χ0n) is 9.09. The smallest absolute Gasteiger partial charge is 0.0807 e. The van der Waals surface area contributed by atoms with Gasteiger partial charge in [0.1, 0.15) is 0 Å². The monoisotopic (exact) mass is 257 g/mol. The number of hydrogen-bond donors (Lipinski definition) is 1. The highest BCUT2D eigenvalue weighted by molar-refractivity contribution is 8.02. The quantitative estimate of drug-likeness (QED) is 0.661. The Kier molecular flexibility index (Phi) is 3.03. The summed E-state index contributed by atoms with van der Waals surface area (Å²) in [7, 11) is 0. The molecule has 0 aliphatic rings. The lowest BCUT2D eigenvalue weighted by atomic mass is 10.1. The van der Waals surface area contributed by atoms with Gasteiger partial charge in [0.2, 0.25) is 0 Å². The van der Waals surface area contributed by atoms with Crippen LogP contribution in [0.25, 0.3) is 10.8 Å². The van der Waals surface area contributed by atoms with E-state index in [1.54, 1.807) is 23.3 Å². The summed E-state index contributed by atoms with van der Waals surface area (Å²) in [6.07, 6.45) is 0. The molecular formula is C14H11NS2. The van der Waals surface area contributed by atoms with E-state index in [1.807, 2.05) is 0 Å². The molecule has 3 rings (SSSR count). The molecule has 0 aliphatic heterocycles. The first-order valence-corrected chi connectivity index (χ1v) is 7.07. The fraction of sp³-hybridized carbons (Fsp3) is 0. The van der Waals surface area contributed by atoms with E-state index in [1.165, 1.54) is 20.7 Å². The molecule has 17 heavy (non-hydrogen) atoms. The van der Waals surface area contributed by atoms with Gasteiger partial charge in [0.05, 0.1) is 9.90 Å². The summed E-state index contributed by atoms with van der Waals surface area (Å²) in [5.74, 6) is 0. The van der Waals surface area contributed by atoms with Gasteiger partial charge in [-0.2, -0.15) is 0 Å². The Morgan fingerprint density at radius 1 is 0.882 bits per heavy atom. The highest BCUT2D eigenvalue weighted by Gasteiger charge is 2.00. The molecule has 84 valence electrons. The first-order valence-electron chi connectivity index (χ1n) is 5.37. The number of nitrogens with one attached hydrogen (secondary N) is 1. The molecule has 2 aromatic carbocycles. The van der Waals surface area contributed by atoms with Crippen LogP contribution in [0.3, 0.4) is 0 Å². The Morgan fingerprint density at radius 3 is 2.65 bits per heavy atom. The van der Waals surface area contributed by atoms with Crippen LogP contribution in [0.4, 0.5) is 5.69 Å². The molecule has 0 saturated heterocycles. The number of rotatable bonds is 3. The summed E-state index contributed by atoms with van der Waals surface area (Å²) in [5, 5.41) is 4.62. The Labute approximate surface area is 109 Å². The van der Waals surface area contributed by atoms with E-state index in [4.69, 9.17) is 0 Å². The molecule has 0 unspecified atom stereocenters. The molecule has 0 amide bonds. The zero-order chi connectivity index (χ0) is 11.5. The summed E-state index contributed by atoms with van der Waals surface area (Å²) in [6.45, 7) is 0. The number of benzene rings is 2. The van der Waals surface area contributed by atoms with E-state index < -0.39 is 0 Å². The Morgan fingerprint density at radius 2 is 1.76 bits per heavy atom. The van der Waals surface area contributed by atoms with Gasteiger partial charge in [0.15, 0.2) is 0 Å². The van der Waals surface area contributed by atoms with Crippen LogP contribution in [0.5, 0.6) is 0 Å². The lowest BCUT2D eigenvalue weighted by Crippen LogP contribution is -1.86. The average molecular weight is 257 g/mol. The van der Waals surface area contributed by atoms with E-state index in [0.29, 0.717) is 0 Å². The summed E-state index contributed by atoms with van der Waals surface area (Å²) in [4.78, 5) is 0.